The van der Waals surface area contributed by atoms with E-state index in [1.807, 2.05) is 36.2 Å². The molecule has 1 N–H and O–H groups in total. The smallest absolute Gasteiger partial charge is 0.230 e. The third-order valence-corrected chi connectivity index (χ3v) is 7.13. The molecule has 33 heavy (non-hydrogen) atoms. The van der Waals surface area contributed by atoms with E-state index in [2.05, 4.69) is 22.4 Å². The van der Waals surface area contributed by atoms with Crippen LogP contribution >= 0.6 is 0 Å². The fourth-order valence-electron chi connectivity index (χ4n) is 5.02. The molecule has 172 valence electrons. The van der Waals surface area contributed by atoms with Gasteiger partial charge in [-0.15, -0.1) is 0 Å². The van der Waals surface area contributed by atoms with Crippen molar-refractivity contribution in [3.8, 4) is 0 Å². The van der Waals surface area contributed by atoms with Gasteiger partial charge in [-0.1, -0.05) is 18.2 Å². The average molecular weight is 447 g/mol. The number of aromatic nitrogens is 1. The zero-order chi connectivity index (χ0) is 22.9. The van der Waals surface area contributed by atoms with Gasteiger partial charge in [-0.05, 0) is 55.0 Å². The molecule has 0 saturated heterocycles. The normalized spacial score (nSPS) is 22.6. The summed E-state index contributed by atoms with van der Waals surface area (Å²) in [6.07, 6.45) is 7.97. The lowest BCUT2D eigenvalue weighted by Crippen LogP contribution is -2.38. The number of fused-ring (bicyclic) bond motifs is 2. The standard InChI is InChI=1S/C26H30N4O3/c1-29-13-11-19(15-24(29)31)18-7-10-22-23(14-18)30(16-20-4-3-12-27-25(20)28-22)26(32)17-5-8-21(33-2)9-6-17/h3-4,7,10-12,14,17,21H,5-6,8-9,13,15-16H2,1-2H3,(H,27,28)/t17-,21-. The Bertz CT molecular complexity index is 1100. The average Bonchev–Trinajstić information content (AvgIpc) is 3.01. The van der Waals surface area contributed by atoms with Gasteiger partial charge < -0.3 is 19.9 Å². The second kappa shape index (κ2) is 8.98. The summed E-state index contributed by atoms with van der Waals surface area (Å²) in [4.78, 5) is 34.3. The minimum absolute atomic E-state index is 0.0183. The van der Waals surface area contributed by atoms with Gasteiger partial charge in [0.2, 0.25) is 11.8 Å². The summed E-state index contributed by atoms with van der Waals surface area (Å²) in [5.74, 6) is 1.02. The summed E-state index contributed by atoms with van der Waals surface area (Å²) < 4.78 is 5.51. The van der Waals surface area contributed by atoms with Crippen molar-refractivity contribution < 1.29 is 14.3 Å². The second-order valence-corrected chi connectivity index (χ2v) is 9.18. The molecule has 0 atom stereocenters. The zero-order valence-corrected chi connectivity index (χ0v) is 19.2. The summed E-state index contributed by atoms with van der Waals surface area (Å²) >= 11 is 0. The predicted octanol–water partition coefficient (Wildman–Crippen LogP) is 4.12. The molecular formula is C26H30N4O3. The first-order chi connectivity index (χ1) is 16.0. The number of hydrogen-bond acceptors (Lipinski definition) is 5. The molecule has 1 saturated carbocycles. The van der Waals surface area contributed by atoms with Crippen molar-refractivity contribution in [2.75, 3.05) is 30.9 Å². The van der Waals surface area contributed by atoms with E-state index < -0.39 is 0 Å². The van der Waals surface area contributed by atoms with Gasteiger partial charge in [0.25, 0.3) is 0 Å². The molecule has 1 aromatic heterocycles. The highest BCUT2D eigenvalue weighted by Crippen LogP contribution is 2.39. The number of nitrogens with zero attached hydrogens (tertiary/aromatic N) is 3. The fourth-order valence-corrected chi connectivity index (χ4v) is 5.02. The first-order valence-electron chi connectivity index (χ1n) is 11.7. The van der Waals surface area contributed by atoms with Crippen LogP contribution in [0.2, 0.25) is 0 Å². The molecule has 1 fully saturated rings. The maximum Gasteiger partial charge on any atom is 0.230 e. The molecule has 5 rings (SSSR count). The Labute approximate surface area is 194 Å². The predicted molar refractivity (Wildman–Crippen MR) is 128 cm³/mol. The van der Waals surface area contributed by atoms with Crippen molar-refractivity contribution in [3.63, 3.8) is 0 Å². The third kappa shape index (κ3) is 4.25. The highest BCUT2D eigenvalue weighted by atomic mass is 16.5. The first kappa shape index (κ1) is 21.6. The van der Waals surface area contributed by atoms with E-state index in [1.54, 1.807) is 18.2 Å². The zero-order valence-electron chi connectivity index (χ0n) is 19.2. The topological polar surface area (TPSA) is 74.8 Å². The summed E-state index contributed by atoms with van der Waals surface area (Å²) in [6, 6.07) is 10.00. The van der Waals surface area contributed by atoms with Crippen molar-refractivity contribution in [1.82, 2.24) is 9.88 Å². The highest BCUT2D eigenvalue weighted by Gasteiger charge is 2.33. The van der Waals surface area contributed by atoms with Crippen molar-refractivity contribution in [2.45, 2.75) is 44.8 Å². The van der Waals surface area contributed by atoms with Gasteiger partial charge in [0.15, 0.2) is 0 Å². The van der Waals surface area contributed by atoms with Gasteiger partial charge in [0, 0.05) is 38.4 Å². The molecule has 2 aliphatic heterocycles. The number of benzene rings is 1. The Morgan fingerprint density at radius 2 is 2.00 bits per heavy atom. The van der Waals surface area contributed by atoms with Crippen LogP contribution in [0.4, 0.5) is 17.2 Å². The van der Waals surface area contributed by atoms with E-state index >= 15 is 0 Å². The molecule has 3 aliphatic rings. The molecule has 0 unspecified atom stereocenters. The maximum absolute atomic E-state index is 13.8. The number of nitrogens with one attached hydrogen (secondary N) is 1. The fraction of sp³-hybridized carbons (Fsp3) is 0.423. The Kier molecular flexibility index (Phi) is 5.89. The van der Waals surface area contributed by atoms with Gasteiger partial charge in [0.05, 0.1) is 30.4 Å². The van der Waals surface area contributed by atoms with Crippen LogP contribution in [-0.2, 0) is 20.9 Å². The SMILES string of the molecule is CO[C@H]1CC[C@H](C(=O)N2Cc3cccnc3Nc3ccc(C4=CCN(C)C(=O)C4)cc32)CC1. The molecular weight excluding hydrogens is 416 g/mol. The molecule has 1 aromatic carbocycles. The number of carbonyl (C=O) groups is 2. The van der Waals surface area contributed by atoms with Crippen LogP contribution in [0, 0.1) is 5.92 Å². The Hall–Kier alpha value is -3.19. The second-order valence-electron chi connectivity index (χ2n) is 9.18. The minimum atomic E-state index is -0.0183. The van der Waals surface area contributed by atoms with Crippen LogP contribution in [0.3, 0.4) is 0 Å². The molecule has 0 bridgehead atoms. The monoisotopic (exact) mass is 446 g/mol. The van der Waals surface area contributed by atoms with Crippen LogP contribution in [0.25, 0.3) is 5.57 Å². The van der Waals surface area contributed by atoms with Crippen LogP contribution in [0.15, 0.2) is 42.6 Å². The number of carbonyl (C=O) groups excluding carboxylic acids is 2. The Morgan fingerprint density at radius 3 is 2.76 bits per heavy atom. The quantitative estimate of drug-likeness (QED) is 0.768. The van der Waals surface area contributed by atoms with Crippen molar-refractivity contribution in [2.24, 2.45) is 5.92 Å². The van der Waals surface area contributed by atoms with E-state index in [0.717, 1.165) is 59.6 Å². The van der Waals surface area contributed by atoms with E-state index in [9.17, 15) is 9.59 Å². The Morgan fingerprint density at radius 1 is 1.18 bits per heavy atom. The molecule has 3 heterocycles. The number of rotatable bonds is 3. The summed E-state index contributed by atoms with van der Waals surface area (Å²) in [5.41, 5.74) is 4.68. The van der Waals surface area contributed by atoms with Crippen LogP contribution in [0.1, 0.15) is 43.2 Å². The van der Waals surface area contributed by atoms with Gasteiger partial charge >= 0.3 is 0 Å². The molecule has 1 aliphatic carbocycles. The van der Waals surface area contributed by atoms with E-state index in [-0.39, 0.29) is 23.8 Å². The van der Waals surface area contributed by atoms with Crippen molar-refractivity contribution in [3.05, 3.63) is 53.7 Å². The third-order valence-electron chi connectivity index (χ3n) is 7.13. The number of likely N-dealkylation sites (N-methyl/N-ethyl adjacent to an activating group) is 1. The largest absolute Gasteiger partial charge is 0.381 e. The van der Waals surface area contributed by atoms with Crippen LogP contribution in [-0.4, -0.2) is 48.5 Å². The summed E-state index contributed by atoms with van der Waals surface area (Å²) in [5, 5.41) is 3.43. The molecule has 7 nitrogen and oxygen atoms in total. The van der Waals surface area contributed by atoms with E-state index in [0.29, 0.717) is 19.5 Å². The Balaban J connectivity index is 1.51. The number of methoxy groups -OCH3 is 1. The van der Waals surface area contributed by atoms with Gasteiger partial charge in [-0.25, -0.2) is 4.98 Å². The van der Waals surface area contributed by atoms with Gasteiger partial charge in [-0.2, -0.15) is 0 Å². The first-order valence-corrected chi connectivity index (χ1v) is 11.7. The lowest BCUT2D eigenvalue weighted by Gasteiger charge is -2.32. The molecule has 0 radical (unpaired) electrons. The minimum Gasteiger partial charge on any atom is -0.381 e. The van der Waals surface area contributed by atoms with Crippen LogP contribution in [0.5, 0.6) is 0 Å². The van der Waals surface area contributed by atoms with E-state index in [4.69, 9.17) is 4.74 Å². The summed E-state index contributed by atoms with van der Waals surface area (Å²) in [6.45, 7) is 1.07. The number of pyridine rings is 1. The lowest BCUT2D eigenvalue weighted by atomic mass is 9.86. The number of hydrogen-bond donors (Lipinski definition) is 1. The van der Waals surface area contributed by atoms with Gasteiger partial charge in [-0.3, -0.25) is 9.59 Å². The van der Waals surface area contributed by atoms with E-state index in [1.165, 1.54) is 0 Å². The maximum atomic E-state index is 13.8. The van der Waals surface area contributed by atoms with Crippen molar-refractivity contribution >= 4 is 34.6 Å². The molecule has 2 amide bonds. The highest BCUT2D eigenvalue weighted by molar-refractivity contribution is 6.01. The van der Waals surface area contributed by atoms with Crippen molar-refractivity contribution in [1.29, 1.82) is 0 Å². The molecule has 0 spiro atoms. The number of amides is 2. The number of ether oxygens (including phenoxy) is 1. The molecule has 2 aromatic rings. The molecule has 7 heteroatoms. The summed E-state index contributed by atoms with van der Waals surface area (Å²) in [7, 11) is 3.57. The lowest BCUT2D eigenvalue weighted by molar-refractivity contribution is -0.128. The van der Waals surface area contributed by atoms with Gasteiger partial charge in [0.1, 0.15) is 5.82 Å². The van der Waals surface area contributed by atoms with Crippen LogP contribution < -0.4 is 10.2 Å². The number of anilines is 3.